The Morgan fingerprint density at radius 2 is 2.00 bits per heavy atom. The third-order valence-electron chi connectivity index (χ3n) is 2.94. The highest BCUT2D eigenvalue weighted by molar-refractivity contribution is 4.86. The van der Waals surface area contributed by atoms with E-state index in [9.17, 15) is 0 Å². The molecule has 2 heteroatoms. The van der Waals surface area contributed by atoms with E-state index in [1.54, 1.807) is 0 Å². The Morgan fingerprint density at radius 3 is 2.44 bits per heavy atom. The van der Waals surface area contributed by atoms with Gasteiger partial charge >= 0.3 is 0 Å². The van der Waals surface area contributed by atoms with Crippen molar-refractivity contribution in [1.82, 2.24) is 10.2 Å². The molecule has 0 aliphatic rings. The molecule has 1 atom stereocenters. The SMILES string of the molecule is C=CCN(C(C)CCCNCC)C(C)(C)C. The molecule has 0 heterocycles. The second-order valence-electron chi connectivity index (χ2n) is 5.46. The monoisotopic (exact) mass is 226 g/mol. The Morgan fingerprint density at radius 1 is 1.38 bits per heavy atom. The number of hydrogen-bond donors (Lipinski definition) is 1. The third-order valence-corrected chi connectivity index (χ3v) is 2.94. The van der Waals surface area contributed by atoms with E-state index in [1.807, 2.05) is 6.08 Å². The summed E-state index contributed by atoms with van der Waals surface area (Å²) in [6.07, 6.45) is 4.50. The quantitative estimate of drug-likeness (QED) is 0.505. The molecule has 0 aliphatic carbocycles. The van der Waals surface area contributed by atoms with Crippen LogP contribution in [-0.2, 0) is 0 Å². The summed E-state index contributed by atoms with van der Waals surface area (Å²) in [6.45, 7) is 18.3. The Hall–Kier alpha value is -0.340. The molecule has 2 nitrogen and oxygen atoms in total. The van der Waals surface area contributed by atoms with Gasteiger partial charge in [-0.25, -0.2) is 0 Å². The van der Waals surface area contributed by atoms with Crippen LogP contribution in [0, 0.1) is 0 Å². The van der Waals surface area contributed by atoms with E-state index in [-0.39, 0.29) is 5.54 Å². The van der Waals surface area contributed by atoms with Crippen LogP contribution in [0.15, 0.2) is 12.7 Å². The first-order valence-corrected chi connectivity index (χ1v) is 6.51. The van der Waals surface area contributed by atoms with Crippen LogP contribution in [0.3, 0.4) is 0 Å². The zero-order chi connectivity index (χ0) is 12.6. The molecule has 0 rings (SSSR count). The Bertz CT molecular complexity index is 182. The van der Waals surface area contributed by atoms with Crippen molar-refractivity contribution in [3.05, 3.63) is 12.7 Å². The molecule has 0 fully saturated rings. The van der Waals surface area contributed by atoms with E-state index in [1.165, 1.54) is 12.8 Å². The Kier molecular flexibility index (Phi) is 7.69. The van der Waals surface area contributed by atoms with Crippen LogP contribution in [0.2, 0.25) is 0 Å². The van der Waals surface area contributed by atoms with Crippen molar-refractivity contribution in [2.24, 2.45) is 0 Å². The lowest BCUT2D eigenvalue weighted by molar-refractivity contribution is 0.0996. The molecule has 0 saturated heterocycles. The fraction of sp³-hybridized carbons (Fsp3) is 0.857. The molecule has 96 valence electrons. The first kappa shape index (κ1) is 15.7. The lowest BCUT2D eigenvalue weighted by Gasteiger charge is -2.39. The predicted octanol–water partition coefficient (Wildman–Crippen LogP) is 3.05. The zero-order valence-corrected chi connectivity index (χ0v) is 11.8. The van der Waals surface area contributed by atoms with E-state index in [2.05, 4.69) is 51.4 Å². The number of nitrogens with zero attached hydrogens (tertiary/aromatic N) is 1. The lowest BCUT2D eigenvalue weighted by atomic mass is 10.0. The molecule has 0 bridgehead atoms. The summed E-state index contributed by atoms with van der Waals surface area (Å²) in [7, 11) is 0. The van der Waals surface area contributed by atoms with Gasteiger partial charge in [-0.2, -0.15) is 0 Å². The van der Waals surface area contributed by atoms with Crippen molar-refractivity contribution in [3.63, 3.8) is 0 Å². The van der Waals surface area contributed by atoms with Crippen molar-refractivity contribution in [2.75, 3.05) is 19.6 Å². The van der Waals surface area contributed by atoms with Crippen LogP contribution in [0.1, 0.15) is 47.5 Å². The van der Waals surface area contributed by atoms with E-state index in [0.29, 0.717) is 6.04 Å². The van der Waals surface area contributed by atoms with Crippen LogP contribution >= 0.6 is 0 Å². The first-order valence-electron chi connectivity index (χ1n) is 6.51. The van der Waals surface area contributed by atoms with Gasteiger partial charge < -0.3 is 5.32 Å². The van der Waals surface area contributed by atoms with Gasteiger partial charge in [-0.1, -0.05) is 13.0 Å². The zero-order valence-electron chi connectivity index (χ0n) is 11.8. The van der Waals surface area contributed by atoms with Crippen LogP contribution in [0.5, 0.6) is 0 Å². The summed E-state index contributed by atoms with van der Waals surface area (Å²) in [5.74, 6) is 0. The van der Waals surface area contributed by atoms with Gasteiger partial charge in [-0.15, -0.1) is 6.58 Å². The highest BCUT2D eigenvalue weighted by Gasteiger charge is 2.24. The maximum Gasteiger partial charge on any atom is 0.0168 e. The molecule has 0 aliphatic heterocycles. The molecule has 0 amide bonds. The maximum absolute atomic E-state index is 3.85. The minimum atomic E-state index is 0.228. The third kappa shape index (κ3) is 6.29. The van der Waals surface area contributed by atoms with Crippen LogP contribution in [-0.4, -0.2) is 36.1 Å². The van der Waals surface area contributed by atoms with Crippen LogP contribution in [0.4, 0.5) is 0 Å². The van der Waals surface area contributed by atoms with Gasteiger partial charge in [0.05, 0.1) is 0 Å². The molecule has 0 saturated carbocycles. The summed E-state index contributed by atoms with van der Waals surface area (Å²) in [4.78, 5) is 2.52. The van der Waals surface area contributed by atoms with E-state index in [4.69, 9.17) is 0 Å². The summed E-state index contributed by atoms with van der Waals surface area (Å²) in [6, 6.07) is 0.622. The average Bonchev–Trinajstić information content (AvgIpc) is 2.19. The van der Waals surface area contributed by atoms with Crippen molar-refractivity contribution < 1.29 is 0 Å². The van der Waals surface area contributed by atoms with Crippen molar-refractivity contribution in [3.8, 4) is 0 Å². The fourth-order valence-electron chi connectivity index (χ4n) is 2.11. The lowest BCUT2D eigenvalue weighted by Crippen LogP contribution is -2.47. The highest BCUT2D eigenvalue weighted by atomic mass is 15.2. The molecule has 1 unspecified atom stereocenters. The van der Waals surface area contributed by atoms with Gasteiger partial charge in [0.2, 0.25) is 0 Å². The van der Waals surface area contributed by atoms with Crippen molar-refractivity contribution >= 4 is 0 Å². The fourth-order valence-corrected chi connectivity index (χ4v) is 2.11. The summed E-state index contributed by atoms with van der Waals surface area (Å²) in [5, 5.41) is 3.37. The Balaban J connectivity index is 4.07. The van der Waals surface area contributed by atoms with Gasteiger partial charge in [-0.3, -0.25) is 4.90 Å². The minimum Gasteiger partial charge on any atom is -0.317 e. The standard InChI is InChI=1S/C14H30N2/c1-7-12-16(14(4,5)6)13(3)10-9-11-15-8-2/h7,13,15H,1,8-12H2,2-6H3. The summed E-state index contributed by atoms with van der Waals surface area (Å²) >= 11 is 0. The van der Waals surface area contributed by atoms with Gasteiger partial charge in [0.1, 0.15) is 0 Å². The van der Waals surface area contributed by atoms with E-state index >= 15 is 0 Å². The second kappa shape index (κ2) is 7.86. The molecule has 16 heavy (non-hydrogen) atoms. The number of rotatable bonds is 8. The van der Waals surface area contributed by atoms with Crippen LogP contribution < -0.4 is 5.32 Å². The van der Waals surface area contributed by atoms with Gasteiger partial charge in [-0.05, 0) is 53.6 Å². The van der Waals surface area contributed by atoms with Gasteiger partial charge in [0.15, 0.2) is 0 Å². The normalized spacial score (nSPS) is 14.1. The van der Waals surface area contributed by atoms with Crippen molar-refractivity contribution in [1.29, 1.82) is 0 Å². The Labute approximate surface area is 102 Å². The second-order valence-corrected chi connectivity index (χ2v) is 5.46. The first-order chi connectivity index (χ1) is 7.43. The van der Waals surface area contributed by atoms with Crippen molar-refractivity contribution in [2.45, 2.75) is 59.0 Å². The maximum atomic E-state index is 3.85. The molecule has 0 aromatic carbocycles. The van der Waals surface area contributed by atoms with Gasteiger partial charge in [0.25, 0.3) is 0 Å². The molecule has 0 aromatic heterocycles. The highest BCUT2D eigenvalue weighted by Crippen LogP contribution is 2.19. The number of nitrogens with one attached hydrogen (secondary N) is 1. The molecule has 0 aromatic rings. The average molecular weight is 226 g/mol. The topological polar surface area (TPSA) is 15.3 Å². The predicted molar refractivity (Wildman–Crippen MR) is 73.9 cm³/mol. The molecule has 1 N–H and O–H groups in total. The molecule has 0 spiro atoms. The number of hydrogen-bond acceptors (Lipinski definition) is 2. The molecular formula is C14H30N2. The summed E-state index contributed by atoms with van der Waals surface area (Å²) in [5.41, 5.74) is 0.228. The smallest absolute Gasteiger partial charge is 0.0168 e. The largest absolute Gasteiger partial charge is 0.317 e. The minimum absolute atomic E-state index is 0.228. The van der Waals surface area contributed by atoms with E-state index in [0.717, 1.165) is 19.6 Å². The molecular weight excluding hydrogens is 196 g/mol. The van der Waals surface area contributed by atoms with Gasteiger partial charge in [0, 0.05) is 18.1 Å². The van der Waals surface area contributed by atoms with E-state index < -0.39 is 0 Å². The van der Waals surface area contributed by atoms with Crippen LogP contribution in [0.25, 0.3) is 0 Å². The molecule has 0 radical (unpaired) electrons. The summed E-state index contributed by atoms with van der Waals surface area (Å²) < 4.78 is 0.